The number of aromatic nitrogens is 3. The molecule has 0 unspecified atom stereocenters. The summed E-state index contributed by atoms with van der Waals surface area (Å²) in [5.74, 6) is 0.589. The summed E-state index contributed by atoms with van der Waals surface area (Å²) in [6, 6.07) is 20.2. The molecule has 0 aliphatic rings. The molecule has 7 heteroatoms. The number of aryl methyl sites for hydroxylation is 1. The lowest BCUT2D eigenvalue weighted by atomic mass is 10.1. The van der Waals surface area contributed by atoms with Gasteiger partial charge in [-0.15, -0.1) is 0 Å². The van der Waals surface area contributed by atoms with Crippen LogP contribution < -0.4 is 4.72 Å². The van der Waals surface area contributed by atoms with Crippen LogP contribution in [0.2, 0.25) is 0 Å². The average molecular weight is 414 g/mol. The summed E-state index contributed by atoms with van der Waals surface area (Å²) in [6.07, 6.45) is 5.43. The van der Waals surface area contributed by atoms with E-state index in [1.807, 2.05) is 72.2 Å². The standard InChI is InChI=1S/C23H18N4O2S/c1-16-10-11-18(21-15-27-13-5-12-24-23(27)25-21)14-20(16)26-30(28,29)22-9-4-7-17-6-2-3-8-19(17)22/h2-15,26H,1H3. The lowest BCUT2D eigenvalue weighted by Crippen LogP contribution is -2.14. The van der Waals surface area contributed by atoms with Gasteiger partial charge in [0.15, 0.2) is 0 Å². The van der Waals surface area contributed by atoms with E-state index < -0.39 is 10.0 Å². The van der Waals surface area contributed by atoms with Crippen LogP contribution in [0.5, 0.6) is 0 Å². The van der Waals surface area contributed by atoms with Crippen LogP contribution >= 0.6 is 0 Å². The molecular formula is C23H18N4O2S. The fourth-order valence-electron chi connectivity index (χ4n) is 3.49. The molecule has 0 aliphatic heterocycles. The number of hydrogen-bond acceptors (Lipinski definition) is 4. The number of nitrogens with one attached hydrogen (secondary N) is 1. The van der Waals surface area contributed by atoms with Crippen LogP contribution in [-0.2, 0) is 10.0 Å². The Morgan fingerprint density at radius 3 is 2.67 bits per heavy atom. The minimum atomic E-state index is -3.77. The van der Waals surface area contributed by atoms with Gasteiger partial charge in [0.05, 0.1) is 16.3 Å². The van der Waals surface area contributed by atoms with Crippen LogP contribution in [0, 0.1) is 6.92 Å². The van der Waals surface area contributed by atoms with Gasteiger partial charge in [-0.1, -0.05) is 48.5 Å². The molecule has 0 fully saturated rings. The maximum absolute atomic E-state index is 13.2. The van der Waals surface area contributed by atoms with Gasteiger partial charge in [0.25, 0.3) is 10.0 Å². The zero-order valence-electron chi connectivity index (χ0n) is 16.1. The van der Waals surface area contributed by atoms with Crippen molar-refractivity contribution >= 4 is 32.3 Å². The topological polar surface area (TPSA) is 76.4 Å². The predicted octanol–water partition coefficient (Wildman–Crippen LogP) is 4.66. The predicted molar refractivity (Wildman–Crippen MR) is 118 cm³/mol. The van der Waals surface area contributed by atoms with Crippen molar-refractivity contribution in [1.82, 2.24) is 14.4 Å². The molecule has 0 atom stereocenters. The van der Waals surface area contributed by atoms with E-state index in [1.54, 1.807) is 24.4 Å². The second-order valence-electron chi connectivity index (χ2n) is 7.07. The molecule has 0 saturated heterocycles. The van der Waals surface area contributed by atoms with Crippen molar-refractivity contribution in [2.75, 3.05) is 4.72 Å². The van der Waals surface area contributed by atoms with Crippen molar-refractivity contribution in [1.29, 1.82) is 0 Å². The Labute approximate surface area is 173 Å². The second-order valence-corrected chi connectivity index (χ2v) is 8.72. The number of anilines is 1. The molecule has 0 amide bonds. The summed E-state index contributed by atoms with van der Waals surface area (Å²) >= 11 is 0. The van der Waals surface area contributed by atoms with Crippen LogP contribution in [-0.4, -0.2) is 22.8 Å². The minimum Gasteiger partial charge on any atom is -0.291 e. The highest BCUT2D eigenvalue weighted by molar-refractivity contribution is 7.93. The van der Waals surface area contributed by atoms with Gasteiger partial charge >= 0.3 is 0 Å². The molecule has 148 valence electrons. The van der Waals surface area contributed by atoms with E-state index in [0.29, 0.717) is 16.9 Å². The lowest BCUT2D eigenvalue weighted by Gasteiger charge is -2.13. The van der Waals surface area contributed by atoms with Crippen molar-refractivity contribution in [3.63, 3.8) is 0 Å². The van der Waals surface area contributed by atoms with Gasteiger partial charge < -0.3 is 0 Å². The van der Waals surface area contributed by atoms with Gasteiger partial charge in [0.1, 0.15) is 0 Å². The summed E-state index contributed by atoms with van der Waals surface area (Å²) in [7, 11) is -3.77. The number of benzene rings is 3. The first-order valence-electron chi connectivity index (χ1n) is 9.43. The monoisotopic (exact) mass is 414 g/mol. The number of sulfonamides is 1. The Morgan fingerprint density at radius 2 is 1.80 bits per heavy atom. The first kappa shape index (κ1) is 18.3. The molecule has 0 spiro atoms. The van der Waals surface area contributed by atoms with Gasteiger partial charge in [-0.2, -0.15) is 0 Å². The van der Waals surface area contributed by atoms with Crippen molar-refractivity contribution in [2.24, 2.45) is 0 Å². The maximum atomic E-state index is 13.2. The number of hydrogen-bond donors (Lipinski definition) is 1. The Balaban J connectivity index is 1.56. The third kappa shape index (κ3) is 3.19. The molecule has 5 aromatic rings. The Hall–Kier alpha value is -3.71. The number of nitrogens with zero attached hydrogens (tertiary/aromatic N) is 3. The molecular weight excluding hydrogens is 396 g/mol. The lowest BCUT2D eigenvalue weighted by molar-refractivity contribution is 0.602. The maximum Gasteiger partial charge on any atom is 0.262 e. The molecule has 0 saturated carbocycles. The molecule has 2 heterocycles. The van der Waals surface area contributed by atoms with Gasteiger partial charge in [0, 0.05) is 29.5 Å². The molecule has 6 nitrogen and oxygen atoms in total. The zero-order valence-corrected chi connectivity index (χ0v) is 17.0. The van der Waals surface area contributed by atoms with E-state index in [0.717, 1.165) is 22.2 Å². The molecule has 0 radical (unpaired) electrons. The van der Waals surface area contributed by atoms with Crippen LogP contribution in [0.15, 0.2) is 90.2 Å². The van der Waals surface area contributed by atoms with E-state index in [2.05, 4.69) is 14.7 Å². The van der Waals surface area contributed by atoms with Crippen molar-refractivity contribution in [3.05, 3.63) is 90.9 Å². The highest BCUT2D eigenvalue weighted by Gasteiger charge is 2.19. The number of rotatable bonds is 4. The SMILES string of the molecule is Cc1ccc(-c2cn3cccnc3n2)cc1NS(=O)(=O)c1cccc2ccccc12. The van der Waals surface area contributed by atoms with E-state index >= 15 is 0 Å². The molecule has 0 bridgehead atoms. The summed E-state index contributed by atoms with van der Waals surface area (Å²) in [5, 5.41) is 1.57. The summed E-state index contributed by atoms with van der Waals surface area (Å²) in [4.78, 5) is 9.01. The highest BCUT2D eigenvalue weighted by Crippen LogP contribution is 2.29. The van der Waals surface area contributed by atoms with Crippen LogP contribution in [0.3, 0.4) is 0 Å². The van der Waals surface area contributed by atoms with E-state index in [4.69, 9.17) is 0 Å². The van der Waals surface area contributed by atoms with Crippen molar-refractivity contribution in [3.8, 4) is 11.3 Å². The zero-order chi connectivity index (χ0) is 20.7. The van der Waals surface area contributed by atoms with Crippen molar-refractivity contribution in [2.45, 2.75) is 11.8 Å². The molecule has 2 aromatic heterocycles. The number of fused-ring (bicyclic) bond motifs is 2. The highest BCUT2D eigenvalue weighted by atomic mass is 32.2. The van der Waals surface area contributed by atoms with Gasteiger partial charge in [-0.3, -0.25) is 9.12 Å². The third-order valence-corrected chi connectivity index (χ3v) is 6.48. The molecule has 5 rings (SSSR count). The Morgan fingerprint density at radius 1 is 0.967 bits per heavy atom. The molecule has 30 heavy (non-hydrogen) atoms. The van der Waals surface area contributed by atoms with E-state index in [-0.39, 0.29) is 4.90 Å². The fourth-order valence-corrected chi connectivity index (χ4v) is 4.84. The second kappa shape index (κ2) is 6.96. The Kier molecular flexibility index (Phi) is 4.25. The van der Waals surface area contributed by atoms with Gasteiger partial charge in [-0.25, -0.2) is 18.4 Å². The fraction of sp³-hybridized carbons (Fsp3) is 0.0435. The van der Waals surface area contributed by atoms with E-state index in [1.165, 1.54) is 0 Å². The summed E-state index contributed by atoms with van der Waals surface area (Å²) in [5.41, 5.74) is 2.87. The largest absolute Gasteiger partial charge is 0.291 e. The third-order valence-electron chi connectivity index (χ3n) is 5.05. The van der Waals surface area contributed by atoms with E-state index in [9.17, 15) is 8.42 Å². The minimum absolute atomic E-state index is 0.252. The Bertz CT molecular complexity index is 1470. The molecule has 0 aliphatic carbocycles. The summed E-state index contributed by atoms with van der Waals surface area (Å²) in [6.45, 7) is 1.87. The van der Waals surface area contributed by atoms with Gasteiger partial charge in [-0.05, 0) is 36.1 Å². The first-order valence-corrected chi connectivity index (χ1v) is 10.9. The normalized spacial score (nSPS) is 11.8. The smallest absolute Gasteiger partial charge is 0.262 e. The van der Waals surface area contributed by atoms with Gasteiger partial charge in [0.2, 0.25) is 5.78 Å². The average Bonchev–Trinajstić information content (AvgIpc) is 3.19. The molecule has 1 N–H and O–H groups in total. The van der Waals surface area contributed by atoms with Crippen LogP contribution in [0.1, 0.15) is 5.56 Å². The van der Waals surface area contributed by atoms with Crippen LogP contribution in [0.4, 0.5) is 5.69 Å². The summed E-state index contributed by atoms with van der Waals surface area (Å²) < 4.78 is 31.0. The first-order chi connectivity index (χ1) is 14.5. The van der Waals surface area contributed by atoms with Crippen molar-refractivity contribution < 1.29 is 8.42 Å². The van der Waals surface area contributed by atoms with Crippen LogP contribution in [0.25, 0.3) is 27.8 Å². The quantitative estimate of drug-likeness (QED) is 0.464. The number of imidazole rings is 1. The molecule has 3 aromatic carbocycles.